The standard InChI is InChI=1S/C14H11ClN4OS/c1-9(20)13-16-17-14(12-3-2-8-21-12)19(13)18-11-6-4-10(15)5-7-11/h2-8,18H,1H3. The van der Waals surface area contributed by atoms with Crippen LogP contribution < -0.4 is 5.43 Å². The van der Waals surface area contributed by atoms with E-state index in [1.807, 2.05) is 29.6 Å². The third kappa shape index (κ3) is 2.81. The molecule has 1 N–H and O–H groups in total. The summed E-state index contributed by atoms with van der Waals surface area (Å²) in [6.45, 7) is 1.46. The first-order valence-corrected chi connectivity index (χ1v) is 7.44. The quantitative estimate of drug-likeness (QED) is 0.744. The van der Waals surface area contributed by atoms with Gasteiger partial charge >= 0.3 is 0 Å². The fourth-order valence-corrected chi connectivity index (χ4v) is 2.66. The van der Waals surface area contributed by atoms with Gasteiger partial charge in [0.1, 0.15) is 0 Å². The average molecular weight is 319 g/mol. The van der Waals surface area contributed by atoms with Crippen LogP contribution >= 0.6 is 22.9 Å². The monoisotopic (exact) mass is 318 g/mol. The van der Waals surface area contributed by atoms with Crippen LogP contribution in [0, 0.1) is 0 Å². The van der Waals surface area contributed by atoms with E-state index in [2.05, 4.69) is 15.6 Å². The van der Waals surface area contributed by atoms with Gasteiger partial charge in [0.05, 0.1) is 10.6 Å². The maximum atomic E-state index is 11.7. The van der Waals surface area contributed by atoms with Crippen molar-refractivity contribution in [2.75, 3.05) is 5.43 Å². The highest BCUT2D eigenvalue weighted by molar-refractivity contribution is 7.13. The van der Waals surface area contributed by atoms with Gasteiger partial charge in [0.25, 0.3) is 0 Å². The van der Waals surface area contributed by atoms with Crippen LogP contribution in [-0.2, 0) is 0 Å². The van der Waals surface area contributed by atoms with Crippen LogP contribution in [0.5, 0.6) is 0 Å². The zero-order chi connectivity index (χ0) is 14.8. The van der Waals surface area contributed by atoms with Crippen molar-refractivity contribution in [2.24, 2.45) is 0 Å². The zero-order valence-corrected chi connectivity index (χ0v) is 12.6. The van der Waals surface area contributed by atoms with Gasteiger partial charge in [-0.15, -0.1) is 21.5 Å². The molecule has 0 aliphatic rings. The number of aromatic nitrogens is 3. The molecular formula is C14H11ClN4OS. The number of Topliss-reactive ketones (excluding diaryl/α,β-unsaturated/α-hetero) is 1. The third-order valence-corrected chi connectivity index (χ3v) is 3.92. The molecular weight excluding hydrogens is 308 g/mol. The number of anilines is 1. The normalized spacial score (nSPS) is 10.6. The van der Waals surface area contributed by atoms with Gasteiger partial charge in [0, 0.05) is 11.9 Å². The Morgan fingerprint density at radius 1 is 1.24 bits per heavy atom. The van der Waals surface area contributed by atoms with Crippen molar-refractivity contribution in [2.45, 2.75) is 6.92 Å². The summed E-state index contributed by atoms with van der Waals surface area (Å²) in [7, 11) is 0. The first-order valence-electron chi connectivity index (χ1n) is 6.18. The highest BCUT2D eigenvalue weighted by Crippen LogP contribution is 2.24. The van der Waals surface area contributed by atoms with Gasteiger partial charge < -0.3 is 0 Å². The van der Waals surface area contributed by atoms with E-state index in [-0.39, 0.29) is 11.6 Å². The number of carbonyl (C=O) groups is 1. The zero-order valence-electron chi connectivity index (χ0n) is 11.1. The third-order valence-electron chi connectivity index (χ3n) is 2.80. The van der Waals surface area contributed by atoms with Crippen molar-refractivity contribution in [3.8, 4) is 10.7 Å². The van der Waals surface area contributed by atoms with Crippen molar-refractivity contribution < 1.29 is 4.79 Å². The van der Waals surface area contributed by atoms with Crippen molar-refractivity contribution in [3.05, 3.63) is 52.6 Å². The van der Waals surface area contributed by atoms with E-state index in [0.717, 1.165) is 10.6 Å². The van der Waals surface area contributed by atoms with Gasteiger partial charge in [0.15, 0.2) is 11.6 Å². The van der Waals surface area contributed by atoms with Crippen molar-refractivity contribution in [3.63, 3.8) is 0 Å². The van der Waals surface area contributed by atoms with Crippen LogP contribution in [-0.4, -0.2) is 20.7 Å². The Morgan fingerprint density at radius 3 is 2.62 bits per heavy atom. The summed E-state index contributed by atoms with van der Waals surface area (Å²) >= 11 is 7.41. The summed E-state index contributed by atoms with van der Waals surface area (Å²) in [5.74, 6) is 0.699. The first kappa shape index (κ1) is 13.8. The number of rotatable bonds is 4. The summed E-state index contributed by atoms with van der Waals surface area (Å²) in [6, 6.07) is 11.0. The van der Waals surface area contributed by atoms with Gasteiger partial charge in [-0.3, -0.25) is 10.2 Å². The minimum Gasteiger partial charge on any atom is -0.291 e. The van der Waals surface area contributed by atoms with Crippen LogP contribution in [0.1, 0.15) is 17.5 Å². The van der Waals surface area contributed by atoms with E-state index in [9.17, 15) is 4.79 Å². The van der Waals surface area contributed by atoms with E-state index in [4.69, 9.17) is 11.6 Å². The van der Waals surface area contributed by atoms with E-state index in [1.54, 1.807) is 16.8 Å². The van der Waals surface area contributed by atoms with Gasteiger partial charge in [-0.05, 0) is 35.7 Å². The van der Waals surface area contributed by atoms with E-state index in [0.29, 0.717) is 10.8 Å². The minimum atomic E-state index is -0.160. The first-order chi connectivity index (χ1) is 10.1. The van der Waals surface area contributed by atoms with Crippen molar-refractivity contribution in [1.29, 1.82) is 0 Å². The molecule has 106 valence electrons. The predicted octanol–water partition coefficient (Wildman–Crippen LogP) is 3.74. The van der Waals surface area contributed by atoms with Crippen molar-refractivity contribution >= 4 is 34.4 Å². The number of benzene rings is 1. The van der Waals surface area contributed by atoms with Crippen LogP contribution in [0.25, 0.3) is 10.7 Å². The lowest BCUT2D eigenvalue weighted by Crippen LogP contribution is -2.16. The molecule has 0 unspecified atom stereocenters. The number of ketones is 1. The molecule has 0 spiro atoms. The predicted molar refractivity (Wildman–Crippen MR) is 83.8 cm³/mol. The van der Waals surface area contributed by atoms with Crippen LogP contribution in [0.2, 0.25) is 5.02 Å². The summed E-state index contributed by atoms with van der Waals surface area (Å²) in [5.41, 5.74) is 3.93. The second kappa shape index (κ2) is 5.67. The van der Waals surface area contributed by atoms with E-state index in [1.165, 1.54) is 18.3 Å². The molecule has 1 aromatic carbocycles. The molecule has 21 heavy (non-hydrogen) atoms. The fraction of sp³-hybridized carbons (Fsp3) is 0.0714. The molecule has 2 heterocycles. The molecule has 3 aromatic rings. The van der Waals surface area contributed by atoms with Gasteiger partial charge in [-0.1, -0.05) is 17.7 Å². The molecule has 0 atom stereocenters. The Morgan fingerprint density at radius 2 is 2.00 bits per heavy atom. The van der Waals surface area contributed by atoms with Crippen molar-refractivity contribution in [1.82, 2.24) is 14.9 Å². The molecule has 0 fully saturated rings. The highest BCUT2D eigenvalue weighted by atomic mass is 35.5. The lowest BCUT2D eigenvalue weighted by Gasteiger charge is -2.11. The topological polar surface area (TPSA) is 59.8 Å². The molecule has 3 rings (SSSR count). The molecule has 0 radical (unpaired) electrons. The Labute approximate surface area is 130 Å². The number of hydrogen-bond acceptors (Lipinski definition) is 5. The largest absolute Gasteiger partial charge is 0.291 e. The number of nitrogens with zero attached hydrogens (tertiary/aromatic N) is 3. The van der Waals surface area contributed by atoms with E-state index < -0.39 is 0 Å². The Bertz CT molecular complexity index is 765. The highest BCUT2D eigenvalue weighted by Gasteiger charge is 2.17. The minimum absolute atomic E-state index is 0.160. The number of hydrogen-bond donors (Lipinski definition) is 1. The number of halogens is 1. The number of thiophene rings is 1. The summed E-state index contributed by atoms with van der Waals surface area (Å²) in [6.07, 6.45) is 0. The maximum absolute atomic E-state index is 11.7. The van der Waals surface area contributed by atoms with Gasteiger partial charge in [0.2, 0.25) is 5.82 Å². The van der Waals surface area contributed by atoms with E-state index >= 15 is 0 Å². The molecule has 0 bridgehead atoms. The summed E-state index contributed by atoms with van der Waals surface area (Å²) in [4.78, 5) is 12.6. The van der Waals surface area contributed by atoms with Gasteiger partial charge in [-0.25, -0.2) is 4.68 Å². The van der Waals surface area contributed by atoms with Crippen LogP contribution in [0.4, 0.5) is 5.69 Å². The molecule has 0 saturated heterocycles. The fourth-order valence-electron chi connectivity index (χ4n) is 1.84. The second-order valence-electron chi connectivity index (χ2n) is 4.33. The number of nitrogens with one attached hydrogen (secondary N) is 1. The average Bonchev–Trinajstić information content (AvgIpc) is 3.10. The smallest absolute Gasteiger partial charge is 0.219 e. The molecule has 0 amide bonds. The molecule has 0 saturated carbocycles. The Kier molecular flexibility index (Phi) is 3.72. The second-order valence-corrected chi connectivity index (χ2v) is 5.72. The molecule has 5 nitrogen and oxygen atoms in total. The maximum Gasteiger partial charge on any atom is 0.219 e. The molecule has 2 aromatic heterocycles. The molecule has 0 aliphatic heterocycles. The Balaban J connectivity index is 2.04. The number of carbonyl (C=O) groups excluding carboxylic acids is 1. The van der Waals surface area contributed by atoms with Crippen LogP contribution in [0.15, 0.2) is 41.8 Å². The lowest BCUT2D eigenvalue weighted by molar-refractivity contribution is 0.100. The summed E-state index contributed by atoms with van der Waals surface area (Å²) < 4.78 is 1.59. The molecule has 7 heteroatoms. The lowest BCUT2D eigenvalue weighted by atomic mass is 10.3. The Hall–Kier alpha value is -2.18. The molecule has 0 aliphatic carbocycles. The van der Waals surface area contributed by atoms with Crippen LogP contribution in [0.3, 0.4) is 0 Å². The SMILES string of the molecule is CC(=O)c1nnc(-c2cccs2)n1Nc1ccc(Cl)cc1. The van der Waals surface area contributed by atoms with Gasteiger partial charge in [-0.2, -0.15) is 0 Å². The summed E-state index contributed by atoms with van der Waals surface area (Å²) in [5, 5.41) is 10.7.